The van der Waals surface area contributed by atoms with Crippen molar-refractivity contribution < 1.29 is 5.11 Å². The van der Waals surface area contributed by atoms with E-state index in [2.05, 4.69) is 11.9 Å². The Kier molecular flexibility index (Phi) is 7.61. The lowest BCUT2D eigenvalue weighted by molar-refractivity contribution is 0.322. The number of nitrogens with zero attached hydrogens (tertiary/aromatic N) is 1. The lowest BCUT2D eigenvalue weighted by Gasteiger charge is -2.05. The molecule has 0 amide bonds. The van der Waals surface area contributed by atoms with Gasteiger partial charge in [0.05, 0.1) is 6.61 Å². The predicted octanol–water partition coefficient (Wildman–Crippen LogP) is 1.97. The first kappa shape index (κ1) is 12.0. The maximum absolute atomic E-state index is 8.53. The number of aliphatic imine (C=N–C) groups is 1. The van der Waals surface area contributed by atoms with Gasteiger partial charge in [0.15, 0.2) is 0 Å². The third-order valence-electron chi connectivity index (χ3n) is 1.39. The van der Waals surface area contributed by atoms with Crippen molar-refractivity contribution in [3.63, 3.8) is 0 Å². The molecule has 1 unspecified atom stereocenters. The third-order valence-corrected chi connectivity index (χ3v) is 2.39. The Labute approximate surface area is 79.5 Å². The van der Waals surface area contributed by atoms with Gasteiger partial charge in [-0.05, 0) is 32.9 Å². The molecule has 0 bridgehead atoms. The largest absolute Gasteiger partial charge is 0.396 e. The summed E-state index contributed by atoms with van der Waals surface area (Å²) in [5.74, 6) is 1.94. The standard InChI is InChI=1S/C9H19NOS/c1-8(2)10-9(3)4-6-12-7-5-11/h9,11H,4-7H2,1-3H3. The number of aliphatic hydroxyl groups excluding tert-OH is 1. The first-order valence-corrected chi connectivity index (χ1v) is 5.52. The SMILES string of the molecule is CC(C)=NC(C)CCSCCO. The van der Waals surface area contributed by atoms with Crippen LogP contribution in [-0.4, -0.2) is 35.0 Å². The van der Waals surface area contributed by atoms with Crippen LogP contribution in [0.2, 0.25) is 0 Å². The Bertz CT molecular complexity index is 132. The fourth-order valence-corrected chi connectivity index (χ4v) is 1.77. The van der Waals surface area contributed by atoms with Crippen LogP contribution < -0.4 is 0 Å². The summed E-state index contributed by atoms with van der Waals surface area (Å²) < 4.78 is 0. The van der Waals surface area contributed by atoms with Gasteiger partial charge in [-0.15, -0.1) is 0 Å². The normalized spacial score (nSPS) is 12.7. The maximum atomic E-state index is 8.53. The molecule has 3 heteroatoms. The topological polar surface area (TPSA) is 32.6 Å². The zero-order valence-electron chi connectivity index (χ0n) is 8.21. The fraction of sp³-hybridized carbons (Fsp3) is 0.889. The van der Waals surface area contributed by atoms with E-state index in [1.807, 2.05) is 13.8 Å². The predicted molar refractivity (Wildman–Crippen MR) is 57.3 cm³/mol. The lowest BCUT2D eigenvalue weighted by atomic mass is 10.3. The van der Waals surface area contributed by atoms with Gasteiger partial charge in [0, 0.05) is 17.5 Å². The number of hydrogen-bond donors (Lipinski definition) is 1. The molecule has 0 aromatic heterocycles. The van der Waals surface area contributed by atoms with E-state index in [1.165, 1.54) is 0 Å². The van der Waals surface area contributed by atoms with E-state index in [4.69, 9.17) is 5.11 Å². The molecule has 0 radical (unpaired) electrons. The van der Waals surface area contributed by atoms with Gasteiger partial charge in [-0.25, -0.2) is 0 Å². The minimum atomic E-state index is 0.287. The van der Waals surface area contributed by atoms with Crippen LogP contribution >= 0.6 is 11.8 Å². The average Bonchev–Trinajstić information content (AvgIpc) is 1.97. The van der Waals surface area contributed by atoms with Crippen LogP contribution in [0.3, 0.4) is 0 Å². The monoisotopic (exact) mass is 189 g/mol. The summed E-state index contributed by atoms with van der Waals surface area (Å²) in [6.45, 7) is 6.47. The fourth-order valence-electron chi connectivity index (χ4n) is 0.926. The van der Waals surface area contributed by atoms with Crippen LogP contribution in [0.25, 0.3) is 0 Å². The molecule has 1 atom stereocenters. The quantitative estimate of drug-likeness (QED) is 0.512. The Morgan fingerprint density at radius 3 is 2.58 bits per heavy atom. The Morgan fingerprint density at radius 1 is 1.42 bits per heavy atom. The van der Waals surface area contributed by atoms with Crippen molar-refractivity contribution in [3.05, 3.63) is 0 Å². The Morgan fingerprint density at radius 2 is 2.08 bits per heavy atom. The molecule has 12 heavy (non-hydrogen) atoms. The van der Waals surface area contributed by atoms with Gasteiger partial charge < -0.3 is 5.11 Å². The summed E-state index contributed by atoms with van der Waals surface area (Å²) in [6, 6.07) is 0.432. The highest BCUT2D eigenvalue weighted by molar-refractivity contribution is 7.99. The molecule has 0 aliphatic rings. The highest BCUT2D eigenvalue weighted by Gasteiger charge is 1.97. The van der Waals surface area contributed by atoms with E-state index >= 15 is 0 Å². The number of aliphatic hydroxyl groups is 1. The Hall–Kier alpha value is -0.0200. The summed E-state index contributed by atoms with van der Waals surface area (Å²) >= 11 is 1.79. The van der Waals surface area contributed by atoms with Gasteiger partial charge in [0.1, 0.15) is 0 Å². The van der Waals surface area contributed by atoms with Crippen molar-refractivity contribution in [3.8, 4) is 0 Å². The molecule has 0 saturated carbocycles. The van der Waals surface area contributed by atoms with Crippen molar-refractivity contribution in [2.45, 2.75) is 33.2 Å². The summed E-state index contributed by atoms with van der Waals surface area (Å²) in [4.78, 5) is 4.42. The molecule has 0 fully saturated rings. The molecule has 72 valence electrons. The molecule has 0 rings (SSSR count). The van der Waals surface area contributed by atoms with Crippen LogP contribution in [0.15, 0.2) is 4.99 Å². The van der Waals surface area contributed by atoms with E-state index in [0.29, 0.717) is 6.04 Å². The number of hydrogen-bond acceptors (Lipinski definition) is 3. The summed E-state index contributed by atoms with van der Waals surface area (Å²) in [6.07, 6.45) is 1.11. The van der Waals surface area contributed by atoms with Crippen LogP contribution in [0, 0.1) is 0 Å². The van der Waals surface area contributed by atoms with E-state index in [9.17, 15) is 0 Å². The number of thioether (sulfide) groups is 1. The summed E-state index contributed by atoms with van der Waals surface area (Å²) in [5.41, 5.74) is 1.15. The van der Waals surface area contributed by atoms with E-state index in [0.717, 1.165) is 23.6 Å². The van der Waals surface area contributed by atoms with Crippen LogP contribution in [0.1, 0.15) is 27.2 Å². The average molecular weight is 189 g/mol. The molecule has 0 aromatic rings. The third kappa shape index (κ3) is 8.08. The van der Waals surface area contributed by atoms with E-state index in [-0.39, 0.29) is 6.61 Å². The molecular weight excluding hydrogens is 170 g/mol. The second-order valence-corrected chi connectivity index (χ2v) is 4.27. The molecule has 0 aliphatic carbocycles. The second-order valence-electron chi connectivity index (χ2n) is 3.05. The molecule has 0 aromatic carbocycles. The van der Waals surface area contributed by atoms with Crippen LogP contribution in [-0.2, 0) is 0 Å². The molecular formula is C9H19NOS. The van der Waals surface area contributed by atoms with Gasteiger partial charge >= 0.3 is 0 Å². The molecule has 0 spiro atoms. The zero-order valence-corrected chi connectivity index (χ0v) is 9.02. The molecule has 0 aliphatic heterocycles. The molecule has 0 saturated heterocycles. The smallest absolute Gasteiger partial charge is 0.0521 e. The van der Waals surface area contributed by atoms with Crippen molar-refractivity contribution in [1.29, 1.82) is 0 Å². The lowest BCUT2D eigenvalue weighted by Crippen LogP contribution is -2.02. The highest BCUT2D eigenvalue weighted by atomic mass is 32.2. The van der Waals surface area contributed by atoms with Gasteiger partial charge in [-0.3, -0.25) is 4.99 Å². The van der Waals surface area contributed by atoms with Crippen molar-refractivity contribution in [2.24, 2.45) is 4.99 Å². The van der Waals surface area contributed by atoms with E-state index < -0.39 is 0 Å². The molecule has 1 N–H and O–H groups in total. The number of rotatable bonds is 6. The summed E-state index contributed by atoms with van der Waals surface area (Å²) in [7, 11) is 0. The first-order chi connectivity index (χ1) is 5.66. The minimum Gasteiger partial charge on any atom is -0.396 e. The molecule has 2 nitrogen and oxygen atoms in total. The molecule has 0 heterocycles. The van der Waals surface area contributed by atoms with Gasteiger partial charge in [0.2, 0.25) is 0 Å². The van der Waals surface area contributed by atoms with Gasteiger partial charge in [0.25, 0.3) is 0 Å². The van der Waals surface area contributed by atoms with Crippen LogP contribution in [0.5, 0.6) is 0 Å². The van der Waals surface area contributed by atoms with Crippen molar-refractivity contribution in [2.75, 3.05) is 18.1 Å². The van der Waals surface area contributed by atoms with Crippen molar-refractivity contribution >= 4 is 17.5 Å². The maximum Gasteiger partial charge on any atom is 0.0521 e. The van der Waals surface area contributed by atoms with Crippen LogP contribution in [0.4, 0.5) is 0 Å². The first-order valence-electron chi connectivity index (χ1n) is 4.36. The van der Waals surface area contributed by atoms with Crippen molar-refractivity contribution in [1.82, 2.24) is 0 Å². The zero-order chi connectivity index (χ0) is 9.40. The van der Waals surface area contributed by atoms with Gasteiger partial charge in [-0.1, -0.05) is 0 Å². The summed E-state index contributed by atoms with van der Waals surface area (Å²) in [5, 5.41) is 8.53. The van der Waals surface area contributed by atoms with E-state index in [1.54, 1.807) is 11.8 Å². The Balaban J connectivity index is 3.32. The minimum absolute atomic E-state index is 0.287. The second kappa shape index (κ2) is 7.62. The van der Waals surface area contributed by atoms with Gasteiger partial charge in [-0.2, -0.15) is 11.8 Å². The highest BCUT2D eigenvalue weighted by Crippen LogP contribution is 2.06.